The van der Waals surface area contributed by atoms with Crippen molar-refractivity contribution in [2.75, 3.05) is 5.32 Å². The molecule has 0 radical (unpaired) electrons. The molecule has 0 fully saturated rings. The molecule has 0 saturated carbocycles. The molecule has 2 N–H and O–H groups in total. The Morgan fingerprint density at radius 1 is 1.25 bits per heavy atom. The van der Waals surface area contributed by atoms with Gasteiger partial charge in [0.05, 0.1) is 25.1 Å². The van der Waals surface area contributed by atoms with E-state index in [2.05, 4.69) is 20.8 Å². The Hall–Kier alpha value is -1.96. The summed E-state index contributed by atoms with van der Waals surface area (Å²) < 4.78 is 1.77. The summed E-state index contributed by atoms with van der Waals surface area (Å²) in [6.45, 7) is 3.60. The van der Waals surface area contributed by atoms with Gasteiger partial charge in [-0.3, -0.25) is 4.79 Å². The highest BCUT2D eigenvalue weighted by molar-refractivity contribution is 7.22. The number of anilines is 1. The Bertz CT molecular complexity index is 869. The third-order valence-electron chi connectivity index (χ3n) is 3.29. The van der Waals surface area contributed by atoms with Crippen molar-refractivity contribution in [2.45, 2.75) is 19.9 Å². The molecule has 124 valence electrons. The number of rotatable bonds is 5. The summed E-state index contributed by atoms with van der Waals surface area (Å²) in [7, 11) is 0. The maximum Gasteiger partial charge on any atom is 0.262 e. The minimum Gasteiger partial charge on any atom is -0.350 e. The van der Waals surface area contributed by atoms with Crippen molar-refractivity contribution in [1.29, 1.82) is 0 Å². The molecule has 1 aromatic carbocycles. The van der Waals surface area contributed by atoms with Crippen LogP contribution in [0.25, 0.3) is 10.2 Å². The molecule has 3 aromatic rings. The molecule has 2 heterocycles. The average Bonchev–Trinajstić information content (AvgIpc) is 3.17. The van der Waals surface area contributed by atoms with Crippen LogP contribution in [0, 0.1) is 0 Å². The van der Waals surface area contributed by atoms with Crippen molar-refractivity contribution in [3.8, 4) is 0 Å². The Kier molecular flexibility index (Phi) is 5.13. The predicted octanol–water partition coefficient (Wildman–Crippen LogP) is 4.35. The van der Waals surface area contributed by atoms with Gasteiger partial charge in [0.15, 0.2) is 5.13 Å². The van der Waals surface area contributed by atoms with Crippen molar-refractivity contribution >= 4 is 61.2 Å². The van der Waals surface area contributed by atoms with E-state index >= 15 is 0 Å². The molecule has 3 rings (SSSR count). The predicted molar refractivity (Wildman–Crippen MR) is 102 cm³/mol. The topological polar surface area (TPSA) is 66.4 Å². The standard InChI is InChI=1S/C16H15ClN4OS2/c1-9(12-7-8-14(17)23-12)20-21-15(22)10(2)18-16-19-11-5-3-4-6-13(11)24-16/h3-8,10H,1-2H3,(H,18,19)(H,21,22)/b20-9-/t10-/m0/s1. The number of carbonyl (C=O) groups excluding carboxylic acids is 1. The number of carbonyl (C=O) groups is 1. The molecular weight excluding hydrogens is 364 g/mol. The van der Waals surface area contributed by atoms with Crippen LogP contribution in [0.5, 0.6) is 0 Å². The highest BCUT2D eigenvalue weighted by Gasteiger charge is 2.14. The lowest BCUT2D eigenvalue weighted by Gasteiger charge is -2.10. The van der Waals surface area contributed by atoms with E-state index in [1.54, 1.807) is 13.0 Å². The van der Waals surface area contributed by atoms with Crippen LogP contribution >= 0.6 is 34.3 Å². The number of benzene rings is 1. The number of aromatic nitrogens is 1. The second-order valence-corrected chi connectivity index (χ2v) is 7.88. The number of fused-ring (bicyclic) bond motifs is 1. The normalized spacial score (nSPS) is 13.0. The van der Waals surface area contributed by atoms with Crippen molar-refractivity contribution in [3.63, 3.8) is 0 Å². The number of thiophene rings is 1. The summed E-state index contributed by atoms with van der Waals surface area (Å²) in [5.74, 6) is -0.226. The van der Waals surface area contributed by atoms with Gasteiger partial charge in [0, 0.05) is 0 Å². The fraction of sp³-hybridized carbons (Fsp3) is 0.188. The highest BCUT2D eigenvalue weighted by Crippen LogP contribution is 2.25. The van der Waals surface area contributed by atoms with Crippen LogP contribution in [-0.2, 0) is 4.79 Å². The lowest BCUT2D eigenvalue weighted by Crippen LogP contribution is -2.35. The van der Waals surface area contributed by atoms with E-state index in [1.165, 1.54) is 22.7 Å². The van der Waals surface area contributed by atoms with Gasteiger partial charge in [0.25, 0.3) is 5.91 Å². The number of hydrazone groups is 1. The van der Waals surface area contributed by atoms with Crippen LogP contribution in [0.1, 0.15) is 18.7 Å². The van der Waals surface area contributed by atoms with Gasteiger partial charge in [-0.05, 0) is 38.1 Å². The highest BCUT2D eigenvalue weighted by atomic mass is 35.5. The summed E-state index contributed by atoms with van der Waals surface area (Å²) >= 11 is 8.84. The first-order valence-corrected chi connectivity index (χ1v) is 9.26. The van der Waals surface area contributed by atoms with E-state index in [4.69, 9.17) is 11.6 Å². The van der Waals surface area contributed by atoms with Crippen LogP contribution in [0.15, 0.2) is 41.5 Å². The molecule has 1 atom stereocenters. The first-order chi connectivity index (χ1) is 11.5. The number of nitrogens with one attached hydrogen (secondary N) is 2. The van der Waals surface area contributed by atoms with Crippen LogP contribution in [0.2, 0.25) is 4.34 Å². The van der Waals surface area contributed by atoms with E-state index in [9.17, 15) is 4.79 Å². The van der Waals surface area contributed by atoms with Crippen molar-refractivity contribution in [2.24, 2.45) is 5.10 Å². The van der Waals surface area contributed by atoms with E-state index in [1.807, 2.05) is 37.3 Å². The van der Waals surface area contributed by atoms with Crippen molar-refractivity contribution in [3.05, 3.63) is 45.6 Å². The Balaban J connectivity index is 1.62. The third-order valence-corrected chi connectivity index (χ3v) is 5.60. The second kappa shape index (κ2) is 7.29. The number of nitrogens with zero attached hydrogens (tertiary/aromatic N) is 2. The zero-order valence-corrected chi connectivity index (χ0v) is 15.4. The first-order valence-electron chi connectivity index (χ1n) is 7.25. The molecule has 0 aliphatic rings. The fourth-order valence-corrected chi connectivity index (χ4v) is 3.93. The maximum absolute atomic E-state index is 12.2. The Labute approximate surface area is 152 Å². The number of amides is 1. The van der Waals surface area contributed by atoms with Gasteiger partial charge >= 0.3 is 0 Å². The Morgan fingerprint density at radius 2 is 2.04 bits per heavy atom. The summed E-state index contributed by atoms with van der Waals surface area (Å²) in [6, 6.07) is 11.1. The molecule has 24 heavy (non-hydrogen) atoms. The SMILES string of the molecule is C/C(=N/NC(=O)[C@H](C)Nc1nc2ccccc2s1)c1ccc(Cl)s1. The minimum absolute atomic E-state index is 0.226. The van der Waals surface area contributed by atoms with Gasteiger partial charge in [-0.2, -0.15) is 5.10 Å². The largest absolute Gasteiger partial charge is 0.350 e. The lowest BCUT2D eigenvalue weighted by atomic mass is 10.3. The molecule has 0 aliphatic heterocycles. The molecule has 2 aromatic heterocycles. The molecule has 0 saturated heterocycles. The molecule has 0 unspecified atom stereocenters. The van der Waals surface area contributed by atoms with Gasteiger partial charge in [0.2, 0.25) is 0 Å². The van der Waals surface area contributed by atoms with Gasteiger partial charge in [-0.25, -0.2) is 10.4 Å². The van der Waals surface area contributed by atoms with E-state index in [0.717, 1.165) is 15.1 Å². The summed E-state index contributed by atoms with van der Waals surface area (Å²) in [6.07, 6.45) is 0. The van der Waals surface area contributed by atoms with Crippen LogP contribution in [-0.4, -0.2) is 22.6 Å². The van der Waals surface area contributed by atoms with Gasteiger partial charge in [-0.15, -0.1) is 11.3 Å². The molecule has 1 amide bonds. The maximum atomic E-state index is 12.2. The quantitative estimate of drug-likeness (QED) is 0.512. The molecular formula is C16H15ClN4OS2. The second-order valence-electron chi connectivity index (χ2n) is 5.13. The number of para-hydroxylation sites is 1. The molecule has 0 spiro atoms. The fourth-order valence-electron chi connectivity index (χ4n) is 1.98. The summed E-state index contributed by atoms with van der Waals surface area (Å²) in [5, 5.41) is 7.94. The van der Waals surface area contributed by atoms with Gasteiger partial charge in [0.1, 0.15) is 6.04 Å². The number of hydrogen-bond donors (Lipinski definition) is 2. The number of hydrogen-bond acceptors (Lipinski definition) is 6. The third kappa shape index (κ3) is 3.92. The first kappa shape index (κ1) is 16.9. The zero-order chi connectivity index (χ0) is 17.1. The van der Waals surface area contributed by atoms with Crippen molar-refractivity contribution in [1.82, 2.24) is 10.4 Å². The zero-order valence-electron chi connectivity index (χ0n) is 13.0. The smallest absolute Gasteiger partial charge is 0.262 e. The summed E-state index contributed by atoms with van der Waals surface area (Å²) in [5.41, 5.74) is 4.20. The van der Waals surface area contributed by atoms with Crippen molar-refractivity contribution < 1.29 is 4.79 Å². The lowest BCUT2D eigenvalue weighted by molar-refractivity contribution is -0.121. The van der Waals surface area contributed by atoms with Crippen LogP contribution in [0.4, 0.5) is 5.13 Å². The molecule has 5 nitrogen and oxygen atoms in total. The van der Waals surface area contributed by atoms with E-state index in [0.29, 0.717) is 15.2 Å². The van der Waals surface area contributed by atoms with Crippen LogP contribution < -0.4 is 10.7 Å². The number of halogens is 1. The van der Waals surface area contributed by atoms with Gasteiger partial charge < -0.3 is 5.32 Å². The number of thiazole rings is 1. The van der Waals surface area contributed by atoms with Gasteiger partial charge in [-0.1, -0.05) is 35.1 Å². The molecule has 0 bridgehead atoms. The van der Waals surface area contributed by atoms with Crippen LogP contribution in [0.3, 0.4) is 0 Å². The molecule has 0 aliphatic carbocycles. The monoisotopic (exact) mass is 378 g/mol. The van der Waals surface area contributed by atoms with E-state index in [-0.39, 0.29) is 5.91 Å². The summed E-state index contributed by atoms with van der Waals surface area (Å²) in [4.78, 5) is 17.6. The average molecular weight is 379 g/mol. The Morgan fingerprint density at radius 3 is 2.75 bits per heavy atom. The minimum atomic E-state index is -0.450. The van der Waals surface area contributed by atoms with E-state index < -0.39 is 6.04 Å². The molecule has 8 heteroatoms.